The predicted octanol–water partition coefficient (Wildman–Crippen LogP) is 6.23. The zero-order valence-electron chi connectivity index (χ0n) is 24.4. The number of nitrogens with two attached hydrogens (primary N) is 1. The number of carbonyl (C=O) groups is 3. The van der Waals surface area contributed by atoms with Crippen LogP contribution in [0.1, 0.15) is 114 Å². The first kappa shape index (κ1) is 31.2. The van der Waals surface area contributed by atoms with Gasteiger partial charge in [0.25, 0.3) is 0 Å². The number of nitrogens with zero attached hydrogens (tertiary/aromatic N) is 1. The summed E-state index contributed by atoms with van der Waals surface area (Å²) in [6.07, 6.45) is 6.67. The van der Waals surface area contributed by atoms with Crippen LogP contribution in [0.2, 0.25) is 0 Å². The molecule has 0 unspecified atom stereocenters. The first-order valence-corrected chi connectivity index (χ1v) is 15.3. The number of thiophene rings is 1. The van der Waals surface area contributed by atoms with Crippen molar-refractivity contribution in [1.82, 2.24) is 0 Å². The lowest BCUT2D eigenvalue weighted by Crippen LogP contribution is -2.48. The summed E-state index contributed by atoms with van der Waals surface area (Å²) in [5.74, 6) is 5.44. The second-order valence-electron chi connectivity index (χ2n) is 12.6. The van der Waals surface area contributed by atoms with Crippen LogP contribution in [0.25, 0.3) is 0 Å². The zero-order valence-corrected chi connectivity index (χ0v) is 25.2. The number of hydrogen-bond acceptors (Lipinski definition) is 6. The van der Waals surface area contributed by atoms with Crippen molar-refractivity contribution >= 4 is 34.9 Å². The van der Waals surface area contributed by atoms with Gasteiger partial charge in [-0.2, -0.15) is 0 Å². The fourth-order valence-electron chi connectivity index (χ4n) is 5.37. The summed E-state index contributed by atoms with van der Waals surface area (Å²) in [7, 11) is 0. The van der Waals surface area contributed by atoms with E-state index in [1.165, 1.54) is 0 Å². The maximum absolute atomic E-state index is 14.1. The number of carboxylic acids is 1. The second kappa shape index (κ2) is 13.3. The molecule has 1 aromatic heterocycles. The highest BCUT2D eigenvalue weighted by Crippen LogP contribution is 2.39. The van der Waals surface area contributed by atoms with Gasteiger partial charge in [-0.15, -0.1) is 11.3 Å². The maximum Gasteiger partial charge on any atom is 0.348 e. The fourth-order valence-corrected chi connectivity index (χ4v) is 6.22. The standard InChI is InChI=1S/C31H46N2O5S/c1-7-20(3)26(32)30(37)38-23-14-12-22(13-15-23)33(28(34)21-10-8-19(2)9-11-21)25-18-24(16-17-31(4,5)6)39-27(25)29(35)36/h18-23,26H,7-15,32H2,1-6H3,(H,35,36)/t19-,20-,21-,22-,23-,26-/m0/s1. The summed E-state index contributed by atoms with van der Waals surface area (Å²) in [5.41, 5.74) is 6.30. The Morgan fingerprint density at radius 2 is 1.74 bits per heavy atom. The van der Waals surface area contributed by atoms with Gasteiger partial charge in [0.1, 0.15) is 17.0 Å². The van der Waals surface area contributed by atoms with Crippen molar-refractivity contribution in [3.63, 3.8) is 0 Å². The fraction of sp³-hybridized carbons (Fsp3) is 0.710. The average Bonchev–Trinajstić information content (AvgIpc) is 3.32. The Balaban J connectivity index is 1.87. The van der Waals surface area contributed by atoms with Crippen molar-refractivity contribution in [3.8, 4) is 11.8 Å². The molecule has 1 aromatic rings. The lowest BCUT2D eigenvalue weighted by molar-refractivity contribution is -0.153. The maximum atomic E-state index is 14.1. The Morgan fingerprint density at radius 3 is 2.28 bits per heavy atom. The normalized spacial score (nSPS) is 25.1. The minimum atomic E-state index is -1.05. The number of carboxylic acid groups (broad SMARTS) is 1. The van der Waals surface area contributed by atoms with E-state index in [-0.39, 0.29) is 46.2 Å². The smallest absolute Gasteiger partial charge is 0.348 e. The Morgan fingerprint density at radius 1 is 1.13 bits per heavy atom. The van der Waals surface area contributed by atoms with Gasteiger partial charge < -0.3 is 20.5 Å². The molecule has 2 aliphatic carbocycles. The monoisotopic (exact) mass is 558 g/mol. The lowest BCUT2D eigenvalue weighted by Gasteiger charge is -2.39. The summed E-state index contributed by atoms with van der Waals surface area (Å²) in [5, 5.41) is 10.1. The molecule has 3 N–H and O–H groups in total. The molecule has 2 aliphatic rings. The molecule has 0 radical (unpaired) electrons. The average molecular weight is 559 g/mol. The summed E-state index contributed by atoms with van der Waals surface area (Å²) < 4.78 is 5.75. The van der Waals surface area contributed by atoms with E-state index in [0.29, 0.717) is 42.2 Å². The van der Waals surface area contributed by atoms with Crippen LogP contribution in [0.5, 0.6) is 0 Å². The highest BCUT2D eigenvalue weighted by Gasteiger charge is 2.38. The topological polar surface area (TPSA) is 110 Å². The van der Waals surface area contributed by atoms with E-state index >= 15 is 0 Å². The third-order valence-corrected chi connectivity index (χ3v) is 9.18. The third kappa shape index (κ3) is 8.31. The van der Waals surface area contributed by atoms with Crippen LogP contribution in [0.3, 0.4) is 0 Å². The van der Waals surface area contributed by atoms with Crippen molar-refractivity contribution in [3.05, 3.63) is 15.8 Å². The van der Waals surface area contributed by atoms with Crippen molar-refractivity contribution in [1.29, 1.82) is 0 Å². The number of carbonyl (C=O) groups excluding carboxylic acids is 2. The van der Waals surface area contributed by atoms with Crippen LogP contribution < -0.4 is 10.6 Å². The first-order chi connectivity index (χ1) is 18.3. The van der Waals surface area contributed by atoms with E-state index < -0.39 is 12.0 Å². The third-order valence-electron chi connectivity index (χ3n) is 8.15. The van der Waals surface area contributed by atoms with Gasteiger partial charge in [0.15, 0.2) is 0 Å². The van der Waals surface area contributed by atoms with E-state index in [9.17, 15) is 19.5 Å². The largest absolute Gasteiger partial charge is 0.477 e. The van der Waals surface area contributed by atoms with Gasteiger partial charge in [-0.1, -0.05) is 39.0 Å². The molecular weight excluding hydrogens is 512 g/mol. The van der Waals surface area contributed by atoms with Gasteiger partial charge in [0.05, 0.1) is 10.6 Å². The van der Waals surface area contributed by atoms with Gasteiger partial charge in [-0.25, -0.2) is 4.79 Å². The number of hydrogen-bond donors (Lipinski definition) is 2. The van der Waals surface area contributed by atoms with E-state index in [1.807, 2.05) is 34.6 Å². The summed E-state index contributed by atoms with van der Waals surface area (Å²) in [6.45, 7) is 12.2. The van der Waals surface area contributed by atoms with Crippen LogP contribution in [0.4, 0.5) is 5.69 Å². The first-order valence-electron chi connectivity index (χ1n) is 14.5. The minimum Gasteiger partial charge on any atom is -0.477 e. The molecular formula is C31H46N2O5S. The molecule has 216 valence electrons. The van der Waals surface area contributed by atoms with E-state index in [2.05, 4.69) is 18.8 Å². The molecule has 2 atom stereocenters. The Bertz CT molecular complexity index is 1080. The Labute approximate surface area is 237 Å². The summed E-state index contributed by atoms with van der Waals surface area (Å²) >= 11 is 1.13. The zero-order chi connectivity index (χ0) is 28.9. The van der Waals surface area contributed by atoms with Crippen molar-refractivity contribution in [2.45, 2.75) is 118 Å². The number of amides is 1. The van der Waals surface area contributed by atoms with Crippen LogP contribution in [-0.2, 0) is 14.3 Å². The molecule has 0 spiro atoms. The number of rotatable bonds is 8. The lowest BCUT2D eigenvalue weighted by atomic mass is 9.81. The molecule has 0 saturated heterocycles. The predicted molar refractivity (Wildman–Crippen MR) is 156 cm³/mol. The highest BCUT2D eigenvalue weighted by molar-refractivity contribution is 7.15. The Hall–Kier alpha value is -2.37. The molecule has 0 aromatic carbocycles. The number of aromatic carboxylic acids is 1. The summed E-state index contributed by atoms with van der Waals surface area (Å²) in [6, 6.07) is 0.982. The molecule has 1 heterocycles. The van der Waals surface area contributed by atoms with Crippen molar-refractivity contribution in [2.24, 2.45) is 28.9 Å². The van der Waals surface area contributed by atoms with Gasteiger partial charge in [0, 0.05) is 17.4 Å². The quantitative estimate of drug-likeness (QED) is 0.289. The molecule has 0 bridgehead atoms. The number of esters is 1. The second-order valence-corrected chi connectivity index (χ2v) is 13.6. The van der Waals surface area contributed by atoms with Crippen LogP contribution in [0, 0.1) is 35.0 Å². The number of anilines is 1. The number of ether oxygens (including phenoxy) is 1. The molecule has 3 rings (SSSR count). The van der Waals surface area contributed by atoms with Gasteiger partial charge >= 0.3 is 11.9 Å². The minimum absolute atomic E-state index is 0.0109. The van der Waals surface area contributed by atoms with Crippen LogP contribution >= 0.6 is 11.3 Å². The molecule has 1 amide bonds. The molecule has 2 saturated carbocycles. The van der Waals surface area contributed by atoms with E-state index in [4.69, 9.17) is 10.5 Å². The highest BCUT2D eigenvalue weighted by atomic mass is 32.1. The van der Waals surface area contributed by atoms with Crippen LogP contribution in [-0.4, -0.2) is 41.1 Å². The molecule has 7 nitrogen and oxygen atoms in total. The van der Waals surface area contributed by atoms with Gasteiger partial charge in [0.2, 0.25) is 5.91 Å². The SMILES string of the molecule is CC[C@H](C)[C@H](N)C(=O)O[C@H]1CC[C@H](N(c2cc(C#CC(C)(C)C)sc2C(=O)O)C(=O)[C@H]2CC[C@H](C)CC2)CC1. The van der Waals surface area contributed by atoms with E-state index in [1.54, 1.807) is 11.0 Å². The molecule has 8 heteroatoms. The molecule has 39 heavy (non-hydrogen) atoms. The Kier molecular flexibility index (Phi) is 10.6. The summed E-state index contributed by atoms with van der Waals surface area (Å²) in [4.78, 5) is 41.5. The van der Waals surface area contributed by atoms with E-state index in [0.717, 1.165) is 43.4 Å². The van der Waals surface area contributed by atoms with Crippen LogP contribution in [0.15, 0.2) is 6.07 Å². The molecule has 0 aliphatic heterocycles. The van der Waals surface area contributed by atoms with Crippen molar-refractivity contribution < 1.29 is 24.2 Å². The van der Waals surface area contributed by atoms with Gasteiger partial charge in [-0.3, -0.25) is 9.59 Å². The van der Waals surface area contributed by atoms with Crippen molar-refractivity contribution in [2.75, 3.05) is 4.90 Å². The van der Waals surface area contributed by atoms with Gasteiger partial charge in [-0.05, 0) is 90.0 Å². The molecule has 2 fully saturated rings.